The van der Waals surface area contributed by atoms with Gasteiger partial charge in [-0.1, -0.05) is 5.21 Å². The topological polar surface area (TPSA) is 109 Å². The van der Waals surface area contributed by atoms with Gasteiger partial charge in [0, 0.05) is 7.05 Å². The molecule has 1 aromatic rings. The van der Waals surface area contributed by atoms with Crippen molar-refractivity contribution < 1.29 is 19.8 Å². The molecule has 1 heterocycles. The Morgan fingerprint density at radius 1 is 1.50 bits per heavy atom. The van der Waals surface area contributed by atoms with Crippen LogP contribution in [-0.4, -0.2) is 61.2 Å². The molecule has 1 rings (SSSR count). The van der Waals surface area contributed by atoms with Crippen molar-refractivity contribution in [3.8, 4) is 0 Å². The number of rotatable bonds is 5. The summed E-state index contributed by atoms with van der Waals surface area (Å²) in [6.07, 6.45) is 1.26. The predicted octanol–water partition coefficient (Wildman–Crippen LogP) is -0.794. The van der Waals surface area contributed by atoms with Crippen molar-refractivity contribution >= 4 is 11.9 Å². The molecule has 0 atom stereocenters. The Morgan fingerprint density at radius 3 is 2.61 bits per heavy atom. The first-order valence-corrected chi connectivity index (χ1v) is 5.29. The highest BCUT2D eigenvalue weighted by Gasteiger charge is 2.29. The Kier molecular flexibility index (Phi) is 4.02. The second-order valence-electron chi connectivity index (χ2n) is 4.53. The van der Waals surface area contributed by atoms with E-state index >= 15 is 0 Å². The van der Waals surface area contributed by atoms with Crippen molar-refractivity contribution in [2.24, 2.45) is 0 Å². The van der Waals surface area contributed by atoms with E-state index < -0.39 is 17.4 Å². The van der Waals surface area contributed by atoms with Crippen LogP contribution in [0.1, 0.15) is 24.3 Å². The summed E-state index contributed by atoms with van der Waals surface area (Å²) in [4.78, 5) is 23.8. The van der Waals surface area contributed by atoms with Gasteiger partial charge < -0.3 is 15.1 Å². The number of aromatic nitrogens is 3. The van der Waals surface area contributed by atoms with Crippen molar-refractivity contribution in [2.75, 3.05) is 13.7 Å². The number of aliphatic carboxylic acids is 1. The van der Waals surface area contributed by atoms with Crippen LogP contribution in [0.15, 0.2) is 6.20 Å². The third kappa shape index (κ3) is 3.04. The quantitative estimate of drug-likeness (QED) is 0.714. The maximum atomic E-state index is 12.0. The van der Waals surface area contributed by atoms with E-state index in [0.29, 0.717) is 0 Å². The van der Waals surface area contributed by atoms with Crippen LogP contribution in [0.4, 0.5) is 0 Å². The Labute approximate surface area is 104 Å². The van der Waals surface area contributed by atoms with Crippen LogP contribution in [-0.2, 0) is 11.3 Å². The molecule has 0 saturated carbocycles. The maximum absolute atomic E-state index is 12.0. The summed E-state index contributed by atoms with van der Waals surface area (Å²) in [6, 6.07) is 0. The summed E-state index contributed by atoms with van der Waals surface area (Å²) >= 11 is 0. The molecular formula is C10H16N4O4. The molecule has 18 heavy (non-hydrogen) atoms. The van der Waals surface area contributed by atoms with Gasteiger partial charge in [0.1, 0.15) is 6.54 Å². The Hall–Kier alpha value is -1.96. The third-order valence-corrected chi connectivity index (χ3v) is 2.65. The van der Waals surface area contributed by atoms with E-state index in [1.807, 2.05) is 0 Å². The number of aliphatic hydroxyl groups excluding tert-OH is 1. The van der Waals surface area contributed by atoms with Gasteiger partial charge in [0.05, 0.1) is 18.3 Å². The maximum Gasteiger partial charge on any atom is 0.325 e. The van der Waals surface area contributed by atoms with Gasteiger partial charge in [-0.2, -0.15) is 0 Å². The summed E-state index contributed by atoms with van der Waals surface area (Å²) in [5.41, 5.74) is -0.687. The van der Waals surface area contributed by atoms with Crippen LogP contribution < -0.4 is 0 Å². The number of hydrogen-bond acceptors (Lipinski definition) is 5. The van der Waals surface area contributed by atoms with Crippen LogP contribution >= 0.6 is 0 Å². The monoisotopic (exact) mass is 256 g/mol. The van der Waals surface area contributed by atoms with Gasteiger partial charge in [0.15, 0.2) is 5.69 Å². The number of carboxylic acids is 1. The molecule has 1 amide bonds. The molecule has 0 fully saturated rings. The van der Waals surface area contributed by atoms with Crippen molar-refractivity contribution in [1.29, 1.82) is 0 Å². The average Bonchev–Trinajstić information content (AvgIpc) is 2.74. The molecule has 0 saturated heterocycles. The number of carboxylic acid groups (broad SMARTS) is 1. The lowest BCUT2D eigenvalue weighted by Gasteiger charge is -2.33. The van der Waals surface area contributed by atoms with Crippen molar-refractivity contribution in [2.45, 2.75) is 25.9 Å². The molecule has 0 aromatic carbocycles. The van der Waals surface area contributed by atoms with E-state index in [2.05, 4.69) is 10.3 Å². The van der Waals surface area contributed by atoms with E-state index in [0.717, 1.165) is 4.68 Å². The summed E-state index contributed by atoms with van der Waals surface area (Å²) < 4.78 is 1.06. The van der Waals surface area contributed by atoms with E-state index in [4.69, 9.17) is 5.11 Å². The first-order chi connectivity index (χ1) is 8.27. The first-order valence-electron chi connectivity index (χ1n) is 5.29. The lowest BCUT2D eigenvalue weighted by Crippen LogP contribution is -2.47. The van der Waals surface area contributed by atoms with Gasteiger partial charge >= 0.3 is 5.97 Å². The number of carbonyl (C=O) groups excluding carboxylic acids is 1. The summed E-state index contributed by atoms with van der Waals surface area (Å²) in [7, 11) is 1.54. The normalized spacial score (nSPS) is 11.3. The fraction of sp³-hybridized carbons (Fsp3) is 0.600. The number of nitrogens with zero attached hydrogens (tertiary/aromatic N) is 4. The standard InChI is InChI=1S/C10H16N4O4/c1-10(2,6-15)13(3)9(18)7-4-14(12-11-7)5-8(16)17/h4,15H,5-6H2,1-3H3,(H,16,17). The van der Waals surface area contributed by atoms with Gasteiger partial charge in [-0.3, -0.25) is 9.59 Å². The van der Waals surface area contributed by atoms with E-state index in [1.165, 1.54) is 18.1 Å². The highest BCUT2D eigenvalue weighted by Crippen LogP contribution is 2.13. The summed E-state index contributed by atoms with van der Waals surface area (Å²) in [6.45, 7) is 2.85. The predicted molar refractivity (Wildman–Crippen MR) is 60.9 cm³/mol. The van der Waals surface area contributed by atoms with Crippen LogP contribution in [0.25, 0.3) is 0 Å². The molecule has 8 nitrogen and oxygen atoms in total. The molecule has 0 spiro atoms. The Balaban J connectivity index is 2.84. The lowest BCUT2D eigenvalue weighted by molar-refractivity contribution is -0.137. The second-order valence-corrected chi connectivity index (χ2v) is 4.53. The SMILES string of the molecule is CN(C(=O)c1cn(CC(=O)O)nn1)C(C)(C)CO. The molecule has 2 N–H and O–H groups in total. The molecule has 100 valence electrons. The molecule has 0 aliphatic heterocycles. The summed E-state index contributed by atoms with van der Waals surface area (Å²) in [5.74, 6) is -1.49. The number of carbonyl (C=O) groups is 2. The zero-order chi connectivity index (χ0) is 13.9. The van der Waals surface area contributed by atoms with E-state index in [-0.39, 0.29) is 18.8 Å². The smallest absolute Gasteiger partial charge is 0.325 e. The largest absolute Gasteiger partial charge is 0.480 e. The van der Waals surface area contributed by atoms with Crippen LogP contribution in [0, 0.1) is 0 Å². The minimum absolute atomic E-state index is 0.0419. The number of hydrogen-bond donors (Lipinski definition) is 2. The van der Waals surface area contributed by atoms with Crippen LogP contribution in [0.3, 0.4) is 0 Å². The highest BCUT2D eigenvalue weighted by atomic mass is 16.4. The van der Waals surface area contributed by atoms with Crippen LogP contribution in [0.5, 0.6) is 0 Å². The minimum atomic E-state index is -1.07. The summed E-state index contributed by atoms with van der Waals surface area (Å²) in [5, 5.41) is 24.9. The van der Waals surface area contributed by atoms with Gasteiger partial charge in [-0.15, -0.1) is 5.10 Å². The number of aliphatic hydroxyl groups is 1. The second kappa shape index (κ2) is 5.13. The minimum Gasteiger partial charge on any atom is -0.480 e. The Bertz CT molecular complexity index is 454. The molecule has 0 radical (unpaired) electrons. The van der Waals surface area contributed by atoms with Crippen molar-refractivity contribution in [1.82, 2.24) is 19.9 Å². The molecular weight excluding hydrogens is 240 g/mol. The fourth-order valence-electron chi connectivity index (χ4n) is 1.17. The molecule has 0 bridgehead atoms. The van der Waals surface area contributed by atoms with E-state index in [1.54, 1.807) is 13.8 Å². The molecule has 8 heteroatoms. The molecule has 0 aliphatic carbocycles. The van der Waals surface area contributed by atoms with E-state index in [9.17, 15) is 14.7 Å². The van der Waals surface area contributed by atoms with Crippen molar-refractivity contribution in [3.63, 3.8) is 0 Å². The fourth-order valence-corrected chi connectivity index (χ4v) is 1.17. The van der Waals surface area contributed by atoms with Gasteiger partial charge in [0.2, 0.25) is 0 Å². The first kappa shape index (κ1) is 14.1. The average molecular weight is 256 g/mol. The zero-order valence-electron chi connectivity index (χ0n) is 10.5. The third-order valence-electron chi connectivity index (χ3n) is 2.65. The zero-order valence-corrected chi connectivity index (χ0v) is 10.5. The Morgan fingerprint density at radius 2 is 2.11 bits per heavy atom. The number of likely N-dealkylation sites (N-methyl/N-ethyl adjacent to an activating group) is 1. The molecule has 1 aromatic heterocycles. The van der Waals surface area contributed by atoms with Crippen LogP contribution in [0.2, 0.25) is 0 Å². The van der Waals surface area contributed by atoms with Gasteiger partial charge in [-0.25, -0.2) is 4.68 Å². The lowest BCUT2D eigenvalue weighted by atomic mass is 10.1. The van der Waals surface area contributed by atoms with Crippen molar-refractivity contribution in [3.05, 3.63) is 11.9 Å². The molecule has 0 aliphatic rings. The highest BCUT2D eigenvalue weighted by molar-refractivity contribution is 5.92. The van der Waals surface area contributed by atoms with Gasteiger partial charge in [0.25, 0.3) is 5.91 Å². The number of amides is 1. The van der Waals surface area contributed by atoms with Gasteiger partial charge in [-0.05, 0) is 13.8 Å². The molecule has 0 unspecified atom stereocenters.